The lowest BCUT2D eigenvalue weighted by molar-refractivity contribution is -0.347. The van der Waals surface area contributed by atoms with Gasteiger partial charge in [-0.3, -0.25) is 0 Å². The fourth-order valence-electron chi connectivity index (χ4n) is 5.02. The molecule has 1 heterocycles. The predicted molar refractivity (Wildman–Crippen MR) is 134 cm³/mol. The molecule has 3 rings (SSSR count). The molecule has 1 aliphatic heterocycles. The van der Waals surface area contributed by atoms with Gasteiger partial charge in [0.25, 0.3) is 5.60 Å². The van der Waals surface area contributed by atoms with Gasteiger partial charge in [0.15, 0.2) is 0 Å². The number of hydrogen-bond acceptors (Lipinski definition) is 3. The number of alkyl halides is 6. The van der Waals surface area contributed by atoms with E-state index < -0.39 is 23.4 Å². The first-order valence-electron chi connectivity index (χ1n) is 12.7. The summed E-state index contributed by atoms with van der Waals surface area (Å²) in [5.41, 5.74) is -1.83. The average Bonchev–Trinajstić information content (AvgIpc) is 3.36. The average molecular weight is 545 g/mol. The summed E-state index contributed by atoms with van der Waals surface area (Å²) in [6, 6.07) is 11.0. The van der Waals surface area contributed by atoms with Gasteiger partial charge in [-0.1, -0.05) is 50.3 Å². The van der Waals surface area contributed by atoms with E-state index in [1.807, 2.05) is 32.9 Å². The summed E-state index contributed by atoms with van der Waals surface area (Å²) in [6.07, 6.45) is -7.85. The molecule has 2 aromatic carbocycles. The normalized spacial score (nSPS) is 17.4. The van der Waals surface area contributed by atoms with Gasteiger partial charge in [0.1, 0.15) is 12.4 Å². The van der Waals surface area contributed by atoms with Crippen molar-refractivity contribution in [2.75, 3.05) is 13.2 Å². The molecular formula is C29H34F6O3. The standard InChI is InChI=1S/C29H34F6O3/c1-5-26(6-2,23-11-12-25(20(4)17-23)38-18-24-8-7-15-37-24)22-10-9-21(19(3)16-22)13-14-27(36,28(30,31)32)29(33,34)35/h9-14,16-17,24,36H,5-8,15,18H2,1-4H3. The molecule has 0 aromatic heterocycles. The fraction of sp³-hybridized carbons (Fsp3) is 0.517. The molecule has 0 amide bonds. The summed E-state index contributed by atoms with van der Waals surface area (Å²) >= 11 is 0. The second-order valence-electron chi connectivity index (χ2n) is 9.88. The number of aryl methyl sites for hydroxylation is 2. The highest BCUT2D eigenvalue weighted by Crippen LogP contribution is 2.45. The van der Waals surface area contributed by atoms with Crippen molar-refractivity contribution in [2.24, 2.45) is 0 Å². The van der Waals surface area contributed by atoms with E-state index in [1.54, 1.807) is 19.1 Å². The van der Waals surface area contributed by atoms with Gasteiger partial charge in [0.05, 0.1) is 6.10 Å². The Balaban J connectivity index is 1.91. The van der Waals surface area contributed by atoms with Crippen LogP contribution >= 0.6 is 0 Å². The summed E-state index contributed by atoms with van der Waals surface area (Å²) < 4.78 is 89.9. The van der Waals surface area contributed by atoms with Crippen LogP contribution in [-0.2, 0) is 10.2 Å². The zero-order valence-corrected chi connectivity index (χ0v) is 22.0. The van der Waals surface area contributed by atoms with Crippen molar-refractivity contribution in [1.82, 2.24) is 0 Å². The smallest absolute Gasteiger partial charge is 0.430 e. The molecule has 1 aliphatic rings. The van der Waals surface area contributed by atoms with Crippen molar-refractivity contribution in [3.63, 3.8) is 0 Å². The summed E-state index contributed by atoms with van der Waals surface area (Å²) in [5.74, 6) is 0.767. The zero-order chi connectivity index (χ0) is 28.4. The second-order valence-corrected chi connectivity index (χ2v) is 9.88. The molecule has 0 aliphatic carbocycles. The Morgan fingerprint density at radius 2 is 1.50 bits per heavy atom. The molecule has 3 nitrogen and oxygen atoms in total. The Labute approximate surface area is 219 Å². The van der Waals surface area contributed by atoms with Gasteiger partial charge in [0, 0.05) is 12.0 Å². The quantitative estimate of drug-likeness (QED) is 0.327. The molecule has 1 unspecified atom stereocenters. The lowest BCUT2D eigenvalue weighted by Gasteiger charge is -2.34. The minimum Gasteiger partial charge on any atom is -0.491 e. The fourth-order valence-corrected chi connectivity index (χ4v) is 5.02. The van der Waals surface area contributed by atoms with E-state index in [4.69, 9.17) is 9.47 Å². The van der Waals surface area contributed by atoms with Crippen molar-refractivity contribution in [3.8, 4) is 5.75 Å². The number of ether oxygens (including phenoxy) is 2. The molecule has 1 N–H and O–H groups in total. The molecular weight excluding hydrogens is 510 g/mol. The van der Waals surface area contributed by atoms with Gasteiger partial charge >= 0.3 is 12.4 Å². The van der Waals surface area contributed by atoms with E-state index in [0.717, 1.165) is 54.7 Å². The van der Waals surface area contributed by atoms with Gasteiger partial charge in [-0.05, 0) is 79.5 Å². The summed E-state index contributed by atoms with van der Waals surface area (Å²) in [7, 11) is 0. The molecule has 2 aromatic rings. The molecule has 1 fully saturated rings. The van der Waals surface area contributed by atoms with E-state index in [-0.39, 0.29) is 17.7 Å². The maximum absolute atomic E-state index is 13.1. The van der Waals surface area contributed by atoms with Crippen LogP contribution in [0.4, 0.5) is 26.3 Å². The molecule has 1 atom stereocenters. The van der Waals surface area contributed by atoms with E-state index >= 15 is 0 Å². The lowest BCUT2D eigenvalue weighted by Crippen LogP contribution is -2.55. The number of benzene rings is 2. The monoisotopic (exact) mass is 544 g/mol. The third-order valence-corrected chi connectivity index (χ3v) is 7.57. The van der Waals surface area contributed by atoms with Gasteiger partial charge < -0.3 is 14.6 Å². The van der Waals surface area contributed by atoms with Crippen LogP contribution in [0.25, 0.3) is 6.08 Å². The van der Waals surface area contributed by atoms with Crippen LogP contribution in [0, 0.1) is 13.8 Å². The molecule has 0 radical (unpaired) electrons. The molecule has 0 bridgehead atoms. The van der Waals surface area contributed by atoms with Crippen LogP contribution in [0.3, 0.4) is 0 Å². The largest absolute Gasteiger partial charge is 0.491 e. The Morgan fingerprint density at radius 1 is 0.921 bits per heavy atom. The first kappa shape index (κ1) is 30.0. The summed E-state index contributed by atoms with van der Waals surface area (Å²) in [4.78, 5) is 0. The first-order chi connectivity index (χ1) is 17.7. The van der Waals surface area contributed by atoms with Gasteiger partial charge in [-0.15, -0.1) is 0 Å². The Hall–Kier alpha value is -2.52. The Kier molecular flexibility index (Phi) is 8.93. The van der Waals surface area contributed by atoms with Crippen molar-refractivity contribution >= 4 is 6.08 Å². The van der Waals surface area contributed by atoms with Crippen molar-refractivity contribution < 1.29 is 40.9 Å². The highest BCUT2D eigenvalue weighted by atomic mass is 19.4. The SMILES string of the molecule is CCC(CC)(c1ccc(C=CC(O)(C(F)(F)F)C(F)(F)F)c(C)c1)c1ccc(OCC2CCCO2)c(C)c1. The summed E-state index contributed by atoms with van der Waals surface area (Å²) in [5, 5.41) is 9.44. The number of rotatable bonds is 9. The lowest BCUT2D eigenvalue weighted by atomic mass is 9.70. The van der Waals surface area contributed by atoms with Gasteiger partial charge in [0.2, 0.25) is 0 Å². The minimum absolute atomic E-state index is 0.0956. The van der Waals surface area contributed by atoms with Crippen LogP contribution < -0.4 is 4.74 Å². The summed E-state index contributed by atoms with van der Waals surface area (Å²) in [6.45, 7) is 8.89. The van der Waals surface area contributed by atoms with E-state index in [1.165, 1.54) is 6.07 Å². The molecule has 0 saturated carbocycles. The van der Waals surface area contributed by atoms with E-state index in [9.17, 15) is 31.4 Å². The van der Waals surface area contributed by atoms with Crippen LogP contribution in [0.15, 0.2) is 42.5 Å². The Morgan fingerprint density at radius 3 is 1.97 bits per heavy atom. The first-order valence-corrected chi connectivity index (χ1v) is 12.7. The highest BCUT2D eigenvalue weighted by Gasteiger charge is 2.68. The molecule has 1 saturated heterocycles. The van der Waals surface area contributed by atoms with Crippen molar-refractivity contribution in [3.05, 3.63) is 70.3 Å². The molecule has 9 heteroatoms. The van der Waals surface area contributed by atoms with Gasteiger partial charge in [-0.2, -0.15) is 26.3 Å². The predicted octanol–water partition coefficient (Wildman–Crippen LogP) is 7.84. The van der Waals surface area contributed by atoms with E-state index in [2.05, 4.69) is 6.07 Å². The van der Waals surface area contributed by atoms with Crippen LogP contribution in [0.2, 0.25) is 0 Å². The third-order valence-electron chi connectivity index (χ3n) is 7.57. The number of halogens is 6. The zero-order valence-electron chi connectivity index (χ0n) is 22.0. The highest BCUT2D eigenvalue weighted by molar-refractivity contribution is 5.57. The number of aliphatic hydroxyl groups is 1. The van der Waals surface area contributed by atoms with E-state index in [0.29, 0.717) is 18.2 Å². The van der Waals surface area contributed by atoms with Crippen LogP contribution in [-0.4, -0.2) is 42.4 Å². The van der Waals surface area contributed by atoms with Crippen LogP contribution in [0.5, 0.6) is 5.75 Å². The molecule has 0 spiro atoms. The number of hydrogen-bond donors (Lipinski definition) is 1. The van der Waals surface area contributed by atoms with Gasteiger partial charge in [-0.25, -0.2) is 0 Å². The second kappa shape index (κ2) is 11.3. The van der Waals surface area contributed by atoms with Crippen molar-refractivity contribution in [1.29, 1.82) is 0 Å². The topological polar surface area (TPSA) is 38.7 Å². The minimum atomic E-state index is -5.91. The molecule has 38 heavy (non-hydrogen) atoms. The maximum Gasteiger partial charge on any atom is 0.430 e. The maximum atomic E-state index is 13.1. The Bertz CT molecular complexity index is 1110. The molecule has 210 valence electrons. The third kappa shape index (κ3) is 5.88. The van der Waals surface area contributed by atoms with Crippen molar-refractivity contribution in [2.45, 2.75) is 82.9 Å². The van der Waals surface area contributed by atoms with Crippen LogP contribution in [0.1, 0.15) is 67.3 Å².